The maximum absolute atomic E-state index is 3.92. The molecule has 0 radical (unpaired) electrons. The van der Waals surface area contributed by atoms with Crippen molar-refractivity contribution < 1.29 is 0 Å². The summed E-state index contributed by atoms with van der Waals surface area (Å²) in [7, 11) is 0. The second-order valence-electron chi connectivity index (χ2n) is 6.77. The summed E-state index contributed by atoms with van der Waals surface area (Å²) >= 11 is 1.97. The van der Waals surface area contributed by atoms with Gasteiger partial charge in [0.2, 0.25) is 0 Å². The van der Waals surface area contributed by atoms with Gasteiger partial charge in [-0.3, -0.25) is 4.90 Å². The van der Waals surface area contributed by atoms with Gasteiger partial charge in [0.1, 0.15) is 0 Å². The van der Waals surface area contributed by atoms with Gasteiger partial charge in [-0.25, -0.2) is 0 Å². The third-order valence-corrected chi connectivity index (χ3v) is 6.09. The summed E-state index contributed by atoms with van der Waals surface area (Å²) in [6.45, 7) is 4.72. The van der Waals surface area contributed by atoms with Gasteiger partial charge < -0.3 is 5.32 Å². The Morgan fingerprint density at radius 1 is 1.29 bits per heavy atom. The highest BCUT2D eigenvalue weighted by atomic mass is 32.2. The summed E-state index contributed by atoms with van der Waals surface area (Å²) in [4.78, 5) is 2.77. The molecule has 2 atom stereocenters. The van der Waals surface area contributed by atoms with Crippen LogP contribution in [0.15, 0.2) is 30.3 Å². The number of piperazine rings is 1. The second-order valence-corrected chi connectivity index (χ2v) is 7.68. The minimum absolute atomic E-state index is 0.401. The van der Waals surface area contributed by atoms with Gasteiger partial charge in [-0.1, -0.05) is 43.2 Å². The molecule has 1 N–H and O–H groups in total. The van der Waals surface area contributed by atoms with Crippen LogP contribution >= 0.6 is 11.8 Å². The summed E-state index contributed by atoms with van der Waals surface area (Å²) in [5.41, 5.74) is 1.86. The normalized spacial score (nSPS) is 27.0. The van der Waals surface area contributed by atoms with Crippen LogP contribution in [-0.4, -0.2) is 41.6 Å². The molecular formula is C18H28N2S. The Kier molecular flexibility index (Phi) is 4.92. The molecule has 0 aromatic heterocycles. The highest BCUT2D eigenvalue weighted by Gasteiger charge is 2.42. The Hall–Kier alpha value is -0.510. The van der Waals surface area contributed by atoms with Gasteiger partial charge in [-0.05, 0) is 31.6 Å². The molecule has 2 unspecified atom stereocenters. The number of thioether (sulfide) groups is 1. The third-order valence-electron chi connectivity index (χ3n) is 5.28. The number of benzene rings is 1. The summed E-state index contributed by atoms with van der Waals surface area (Å²) in [6.07, 6.45) is 7.73. The molecule has 1 heterocycles. The standard InChI is InChI=1S/C18H28N2S/c1-15(13-21-2)20-14-18(10-6-7-11-18)19-12-17(20)16-8-4-3-5-9-16/h3-5,8-9,15,17,19H,6-7,10-14H2,1-2H3. The molecule has 1 aliphatic carbocycles. The Bertz CT molecular complexity index is 442. The molecule has 1 saturated heterocycles. The van der Waals surface area contributed by atoms with Crippen LogP contribution in [0.2, 0.25) is 0 Å². The molecule has 1 spiro atoms. The monoisotopic (exact) mass is 304 g/mol. The highest BCUT2D eigenvalue weighted by Crippen LogP contribution is 2.37. The topological polar surface area (TPSA) is 15.3 Å². The Balaban J connectivity index is 1.82. The molecule has 2 fully saturated rings. The van der Waals surface area contributed by atoms with Crippen molar-refractivity contribution >= 4 is 11.8 Å². The van der Waals surface area contributed by atoms with Crippen molar-refractivity contribution in [1.82, 2.24) is 10.2 Å². The quantitative estimate of drug-likeness (QED) is 0.913. The zero-order valence-corrected chi connectivity index (χ0v) is 14.2. The minimum Gasteiger partial charge on any atom is -0.308 e. The zero-order chi connectivity index (χ0) is 14.7. The van der Waals surface area contributed by atoms with E-state index in [0.717, 1.165) is 6.54 Å². The van der Waals surface area contributed by atoms with Gasteiger partial charge in [0.15, 0.2) is 0 Å². The van der Waals surface area contributed by atoms with Crippen LogP contribution in [0, 0.1) is 0 Å². The summed E-state index contributed by atoms with van der Waals surface area (Å²) in [6, 6.07) is 12.2. The fourth-order valence-electron chi connectivity index (χ4n) is 4.12. The SMILES string of the molecule is CSCC(C)N1CC2(CCCC2)NCC1c1ccccc1. The van der Waals surface area contributed by atoms with Crippen molar-refractivity contribution in [3.8, 4) is 0 Å². The molecule has 2 nitrogen and oxygen atoms in total. The van der Waals surface area contributed by atoms with Crippen LogP contribution in [-0.2, 0) is 0 Å². The minimum atomic E-state index is 0.401. The van der Waals surface area contributed by atoms with Crippen LogP contribution in [0.25, 0.3) is 0 Å². The van der Waals surface area contributed by atoms with Gasteiger partial charge in [-0.2, -0.15) is 11.8 Å². The lowest BCUT2D eigenvalue weighted by Gasteiger charge is -2.49. The number of nitrogens with one attached hydrogen (secondary N) is 1. The first-order valence-corrected chi connectivity index (χ1v) is 9.68. The molecule has 2 aliphatic rings. The summed E-state index contributed by atoms with van der Waals surface area (Å²) in [5, 5.41) is 3.92. The fraction of sp³-hybridized carbons (Fsp3) is 0.667. The van der Waals surface area contributed by atoms with Crippen LogP contribution in [0.1, 0.15) is 44.2 Å². The molecule has 3 heteroatoms. The predicted octanol–water partition coefficient (Wildman–Crippen LogP) is 3.70. The van der Waals surface area contributed by atoms with Crippen molar-refractivity contribution in [2.45, 2.75) is 50.2 Å². The predicted molar refractivity (Wildman–Crippen MR) is 92.9 cm³/mol. The van der Waals surface area contributed by atoms with Crippen LogP contribution in [0.3, 0.4) is 0 Å². The van der Waals surface area contributed by atoms with Crippen molar-refractivity contribution in [2.75, 3.05) is 25.1 Å². The number of nitrogens with zero attached hydrogens (tertiary/aromatic N) is 1. The van der Waals surface area contributed by atoms with E-state index in [9.17, 15) is 0 Å². The summed E-state index contributed by atoms with van der Waals surface area (Å²) in [5.74, 6) is 1.22. The maximum atomic E-state index is 3.92. The van der Waals surface area contributed by atoms with Crippen LogP contribution in [0.5, 0.6) is 0 Å². The van der Waals surface area contributed by atoms with Gasteiger partial charge in [0.25, 0.3) is 0 Å². The first-order valence-electron chi connectivity index (χ1n) is 8.29. The third kappa shape index (κ3) is 3.30. The van der Waals surface area contributed by atoms with E-state index in [1.165, 1.54) is 43.5 Å². The van der Waals surface area contributed by atoms with Crippen molar-refractivity contribution in [3.63, 3.8) is 0 Å². The smallest absolute Gasteiger partial charge is 0.0476 e. The van der Waals surface area contributed by atoms with E-state index in [2.05, 4.69) is 53.7 Å². The van der Waals surface area contributed by atoms with E-state index in [1.54, 1.807) is 0 Å². The van der Waals surface area contributed by atoms with Gasteiger partial charge >= 0.3 is 0 Å². The molecule has 3 rings (SSSR count). The van der Waals surface area contributed by atoms with Gasteiger partial charge in [-0.15, -0.1) is 0 Å². The molecule has 0 amide bonds. The number of rotatable bonds is 4. The average molecular weight is 305 g/mol. The van der Waals surface area contributed by atoms with Gasteiger partial charge in [0, 0.05) is 36.5 Å². The van der Waals surface area contributed by atoms with E-state index in [0.29, 0.717) is 17.6 Å². The lowest BCUT2D eigenvalue weighted by Crippen LogP contribution is -2.62. The zero-order valence-electron chi connectivity index (χ0n) is 13.3. The Morgan fingerprint density at radius 3 is 2.67 bits per heavy atom. The molecule has 116 valence electrons. The van der Waals surface area contributed by atoms with E-state index in [-0.39, 0.29) is 0 Å². The molecule has 1 aromatic carbocycles. The largest absolute Gasteiger partial charge is 0.308 e. The van der Waals surface area contributed by atoms with Crippen LogP contribution < -0.4 is 5.32 Å². The van der Waals surface area contributed by atoms with Crippen molar-refractivity contribution in [1.29, 1.82) is 0 Å². The maximum Gasteiger partial charge on any atom is 0.0476 e. The fourth-order valence-corrected chi connectivity index (χ4v) is 4.79. The Morgan fingerprint density at radius 2 is 2.00 bits per heavy atom. The molecule has 1 aromatic rings. The molecule has 1 aliphatic heterocycles. The van der Waals surface area contributed by atoms with Crippen molar-refractivity contribution in [3.05, 3.63) is 35.9 Å². The van der Waals surface area contributed by atoms with Gasteiger partial charge in [0.05, 0.1) is 0 Å². The molecular weight excluding hydrogens is 276 g/mol. The summed E-state index contributed by atoms with van der Waals surface area (Å²) < 4.78 is 0. The first-order chi connectivity index (χ1) is 10.2. The average Bonchev–Trinajstić information content (AvgIpc) is 2.96. The Labute approximate surface area is 133 Å². The van der Waals surface area contributed by atoms with E-state index >= 15 is 0 Å². The molecule has 0 bridgehead atoms. The highest BCUT2D eigenvalue weighted by molar-refractivity contribution is 7.98. The van der Waals surface area contributed by atoms with Crippen molar-refractivity contribution in [2.24, 2.45) is 0 Å². The van der Waals surface area contributed by atoms with E-state index in [1.807, 2.05) is 11.8 Å². The second kappa shape index (κ2) is 6.72. The molecule has 21 heavy (non-hydrogen) atoms. The number of hydrogen-bond acceptors (Lipinski definition) is 3. The van der Waals surface area contributed by atoms with Crippen LogP contribution in [0.4, 0.5) is 0 Å². The van der Waals surface area contributed by atoms with E-state index in [4.69, 9.17) is 0 Å². The lowest BCUT2D eigenvalue weighted by atomic mass is 9.89. The van der Waals surface area contributed by atoms with E-state index < -0.39 is 0 Å². The number of hydrogen-bond donors (Lipinski definition) is 1. The molecule has 1 saturated carbocycles. The first kappa shape index (κ1) is 15.4. The lowest BCUT2D eigenvalue weighted by molar-refractivity contribution is 0.0556.